The molecule has 3 unspecified atom stereocenters. The van der Waals surface area contributed by atoms with E-state index < -0.39 is 18.0 Å². The van der Waals surface area contributed by atoms with Crippen LogP contribution in [0, 0.1) is 0 Å². The first-order chi connectivity index (χ1) is 18.3. The van der Waals surface area contributed by atoms with E-state index in [1.165, 1.54) is 24.3 Å². The molecule has 0 saturated heterocycles. The summed E-state index contributed by atoms with van der Waals surface area (Å²) in [6, 6.07) is 21.4. The van der Waals surface area contributed by atoms with Gasteiger partial charge in [0.1, 0.15) is 34.9 Å². The number of phenols is 5. The van der Waals surface area contributed by atoms with Crippen molar-refractivity contribution < 1.29 is 39.7 Å². The van der Waals surface area contributed by atoms with Crippen molar-refractivity contribution in [1.29, 1.82) is 0 Å². The van der Waals surface area contributed by atoms with Crippen molar-refractivity contribution in [2.24, 2.45) is 0 Å². The Labute approximate surface area is 218 Å². The summed E-state index contributed by atoms with van der Waals surface area (Å²) in [5.74, 6) is -1.05. The van der Waals surface area contributed by atoms with Crippen LogP contribution in [0.1, 0.15) is 34.8 Å². The first kappa shape index (κ1) is 23.8. The van der Waals surface area contributed by atoms with Crippen LogP contribution in [0.25, 0.3) is 0 Å². The van der Waals surface area contributed by atoms with Crippen LogP contribution >= 0.6 is 0 Å². The molecule has 194 valence electrons. The van der Waals surface area contributed by atoms with Crippen LogP contribution in [0.3, 0.4) is 0 Å². The molecular weight excluding hydrogens is 488 g/mol. The third-order valence-corrected chi connectivity index (χ3v) is 7.11. The zero-order chi connectivity index (χ0) is 26.4. The van der Waals surface area contributed by atoms with Crippen LogP contribution < -0.4 is 9.47 Å². The molecule has 0 aliphatic carbocycles. The van der Waals surface area contributed by atoms with Crippen molar-refractivity contribution in [3.05, 3.63) is 101 Å². The second-order valence-corrected chi connectivity index (χ2v) is 9.60. The topological polar surface area (TPSA) is 129 Å². The lowest BCUT2D eigenvalue weighted by Crippen LogP contribution is -2.46. The summed E-state index contributed by atoms with van der Waals surface area (Å²) in [6.45, 7) is 0. The summed E-state index contributed by atoms with van der Waals surface area (Å²) in [6.07, 6.45) is -0.164. The van der Waals surface area contributed by atoms with Gasteiger partial charge < -0.3 is 39.7 Å². The van der Waals surface area contributed by atoms with Crippen LogP contribution in [0.4, 0.5) is 0 Å². The Hall–Kier alpha value is -4.56. The smallest absolute Gasteiger partial charge is 0.238 e. The standard InChI is InChI=1S/C30H26O8/c31-20-8-6-19(7-9-20)30(12-11-17-3-1-2-4-26(17)37-30)38-28-16-22-24(34)14-21(32)15-27(22)36-29(28)18-5-10-23(33)25(35)13-18/h1-10,13-15,28-29,31-35H,11-12,16H2. The number of aryl methyl sites for hydroxylation is 1. The minimum atomic E-state index is -1.25. The molecule has 2 aliphatic rings. The number of hydrogen-bond acceptors (Lipinski definition) is 8. The fraction of sp³-hybridized carbons (Fsp3) is 0.200. The average Bonchev–Trinajstić information content (AvgIpc) is 2.90. The maximum absolute atomic E-state index is 10.6. The number of hydrogen-bond donors (Lipinski definition) is 5. The molecule has 2 aliphatic heterocycles. The molecule has 0 radical (unpaired) electrons. The highest BCUT2D eigenvalue weighted by Gasteiger charge is 2.46. The van der Waals surface area contributed by atoms with E-state index in [0.717, 1.165) is 5.56 Å². The zero-order valence-electron chi connectivity index (χ0n) is 20.2. The van der Waals surface area contributed by atoms with Crippen LogP contribution in [0.2, 0.25) is 0 Å². The van der Waals surface area contributed by atoms with Gasteiger partial charge in [0.2, 0.25) is 5.79 Å². The van der Waals surface area contributed by atoms with E-state index in [9.17, 15) is 25.5 Å². The fourth-order valence-electron chi connectivity index (χ4n) is 5.20. The van der Waals surface area contributed by atoms with Gasteiger partial charge >= 0.3 is 0 Å². The molecule has 0 spiro atoms. The summed E-state index contributed by atoms with van der Waals surface area (Å²) in [4.78, 5) is 0. The number of ether oxygens (including phenoxy) is 3. The Balaban J connectivity index is 1.46. The molecular formula is C30H26O8. The molecule has 2 heterocycles. The number of benzene rings is 4. The Morgan fingerprint density at radius 3 is 2.32 bits per heavy atom. The highest BCUT2D eigenvalue weighted by Crippen LogP contribution is 2.48. The summed E-state index contributed by atoms with van der Waals surface area (Å²) < 4.78 is 19.7. The maximum Gasteiger partial charge on any atom is 0.238 e. The van der Waals surface area contributed by atoms with E-state index in [1.54, 1.807) is 30.3 Å². The second-order valence-electron chi connectivity index (χ2n) is 9.60. The largest absolute Gasteiger partial charge is 0.508 e. The fourth-order valence-corrected chi connectivity index (χ4v) is 5.20. The van der Waals surface area contributed by atoms with Crippen LogP contribution in [-0.4, -0.2) is 31.6 Å². The first-order valence-corrected chi connectivity index (χ1v) is 12.3. The second kappa shape index (κ2) is 9.08. The van der Waals surface area contributed by atoms with Crippen LogP contribution in [0.5, 0.6) is 40.2 Å². The van der Waals surface area contributed by atoms with Crippen molar-refractivity contribution in [2.45, 2.75) is 37.3 Å². The molecule has 8 nitrogen and oxygen atoms in total. The number of rotatable bonds is 4. The van der Waals surface area contributed by atoms with Gasteiger partial charge in [0.15, 0.2) is 17.6 Å². The van der Waals surface area contributed by atoms with Crippen LogP contribution in [0.15, 0.2) is 78.9 Å². The molecule has 38 heavy (non-hydrogen) atoms. The number of phenolic OH excluding ortho intramolecular Hbond substituents is 5. The molecule has 0 bridgehead atoms. The molecule has 0 fully saturated rings. The molecule has 0 aromatic heterocycles. The predicted octanol–water partition coefficient (Wildman–Crippen LogP) is 5.15. The lowest BCUT2D eigenvalue weighted by atomic mass is 9.90. The van der Waals surface area contributed by atoms with Gasteiger partial charge in [-0.05, 0) is 60.0 Å². The molecule has 8 heteroatoms. The third-order valence-electron chi connectivity index (χ3n) is 7.11. The number of fused-ring (bicyclic) bond motifs is 2. The van der Waals surface area contributed by atoms with E-state index in [1.807, 2.05) is 24.3 Å². The lowest BCUT2D eigenvalue weighted by Gasteiger charge is -2.44. The van der Waals surface area contributed by atoms with Gasteiger partial charge in [0, 0.05) is 36.1 Å². The molecule has 0 amide bonds. The Morgan fingerprint density at radius 2 is 1.53 bits per heavy atom. The SMILES string of the molecule is Oc1ccc(C2(OC3Cc4c(O)cc(O)cc4OC3c3ccc(O)c(O)c3)CCc3ccccc3O2)cc1. The van der Waals surface area contributed by atoms with Crippen molar-refractivity contribution in [3.8, 4) is 40.2 Å². The quantitative estimate of drug-likeness (QED) is 0.237. The summed E-state index contributed by atoms with van der Waals surface area (Å²) >= 11 is 0. The Morgan fingerprint density at radius 1 is 0.737 bits per heavy atom. The Bertz CT molecular complexity index is 1500. The van der Waals surface area contributed by atoms with Crippen molar-refractivity contribution in [3.63, 3.8) is 0 Å². The third kappa shape index (κ3) is 4.18. The minimum Gasteiger partial charge on any atom is -0.508 e. The van der Waals surface area contributed by atoms with Gasteiger partial charge in [-0.3, -0.25) is 0 Å². The van der Waals surface area contributed by atoms with Gasteiger partial charge in [-0.15, -0.1) is 0 Å². The molecule has 3 atom stereocenters. The zero-order valence-corrected chi connectivity index (χ0v) is 20.2. The highest BCUT2D eigenvalue weighted by atomic mass is 16.7. The van der Waals surface area contributed by atoms with E-state index >= 15 is 0 Å². The lowest BCUT2D eigenvalue weighted by molar-refractivity contribution is -0.248. The van der Waals surface area contributed by atoms with Crippen LogP contribution in [-0.2, 0) is 23.4 Å². The number of aromatic hydroxyl groups is 5. The predicted molar refractivity (Wildman–Crippen MR) is 137 cm³/mol. The minimum absolute atomic E-state index is 0.109. The molecule has 0 saturated carbocycles. The average molecular weight is 515 g/mol. The monoisotopic (exact) mass is 514 g/mol. The van der Waals surface area contributed by atoms with Crippen molar-refractivity contribution in [2.75, 3.05) is 0 Å². The van der Waals surface area contributed by atoms with Crippen molar-refractivity contribution in [1.82, 2.24) is 0 Å². The van der Waals surface area contributed by atoms with E-state index in [2.05, 4.69) is 0 Å². The van der Waals surface area contributed by atoms with Gasteiger partial charge in [-0.25, -0.2) is 0 Å². The van der Waals surface area contributed by atoms with Gasteiger partial charge in [-0.1, -0.05) is 24.3 Å². The number of para-hydroxylation sites is 1. The Kier molecular flexibility index (Phi) is 5.69. The molecule has 4 aromatic carbocycles. The summed E-state index contributed by atoms with van der Waals surface area (Å²) in [7, 11) is 0. The van der Waals surface area contributed by atoms with Crippen molar-refractivity contribution >= 4 is 0 Å². The van der Waals surface area contributed by atoms with Gasteiger partial charge in [0.25, 0.3) is 0 Å². The van der Waals surface area contributed by atoms with Gasteiger partial charge in [0.05, 0.1) is 0 Å². The van der Waals surface area contributed by atoms with Gasteiger partial charge in [-0.2, -0.15) is 0 Å². The molecule has 4 aromatic rings. The summed E-state index contributed by atoms with van der Waals surface area (Å²) in [5, 5.41) is 50.7. The van der Waals surface area contributed by atoms with E-state index in [-0.39, 0.29) is 40.9 Å². The molecule has 5 N–H and O–H groups in total. The van der Waals surface area contributed by atoms with E-state index in [4.69, 9.17) is 14.2 Å². The van der Waals surface area contributed by atoms with E-state index in [0.29, 0.717) is 35.3 Å². The highest BCUT2D eigenvalue weighted by molar-refractivity contribution is 5.52. The normalized spacial score (nSPS) is 22.0. The maximum atomic E-state index is 10.6. The molecule has 6 rings (SSSR count). The summed E-state index contributed by atoms with van der Waals surface area (Å²) in [5.41, 5.74) is 2.72. The first-order valence-electron chi connectivity index (χ1n) is 12.3.